The van der Waals surface area contributed by atoms with Gasteiger partial charge in [0.15, 0.2) is 0 Å². The number of benzene rings is 1. The van der Waals surface area contributed by atoms with Crippen molar-refractivity contribution in [2.45, 2.75) is 19.9 Å². The lowest BCUT2D eigenvalue weighted by Gasteiger charge is -2.10. The molecule has 0 spiro atoms. The van der Waals surface area contributed by atoms with E-state index < -0.39 is 0 Å². The third kappa shape index (κ3) is 2.08. The van der Waals surface area contributed by atoms with Gasteiger partial charge in [-0.1, -0.05) is 24.3 Å². The summed E-state index contributed by atoms with van der Waals surface area (Å²) in [5.41, 5.74) is 2.71. The predicted molar refractivity (Wildman–Crippen MR) is 58.7 cm³/mol. The van der Waals surface area contributed by atoms with Crippen molar-refractivity contribution < 1.29 is 0 Å². The van der Waals surface area contributed by atoms with E-state index >= 15 is 0 Å². The molecule has 0 amide bonds. The van der Waals surface area contributed by atoms with E-state index in [2.05, 4.69) is 47.9 Å². The summed E-state index contributed by atoms with van der Waals surface area (Å²) in [6, 6.07) is 8.47. The minimum atomic E-state index is 0.908. The van der Waals surface area contributed by atoms with E-state index in [1.165, 1.54) is 16.9 Å². The molecule has 74 valence electrons. The lowest BCUT2D eigenvalue weighted by molar-refractivity contribution is 0.723. The molecule has 0 fully saturated rings. The standard InChI is InChI=1S/C12H16N2/c1-10-5-2-3-6-11(10)9-14-12-7-4-8-13-12/h2-3,5-7,13-14H,4,8-9H2,1H3. The van der Waals surface area contributed by atoms with E-state index in [0.717, 1.165) is 19.5 Å². The molecule has 2 N–H and O–H groups in total. The normalized spacial score (nSPS) is 14.8. The molecule has 1 aromatic carbocycles. The molecule has 2 rings (SSSR count). The monoisotopic (exact) mass is 188 g/mol. The van der Waals surface area contributed by atoms with Gasteiger partial charge in [-0.15, -0.1) is 0 Å². The van der Waals surface area contributed by atoms with Crippen LogP contribution in [-0.4, -0.2) is 6.54 Å². The van der Waals surface area contributed by atoms with Crippen LogP contribution < -0.4 is 10.6 Å². The van der Waals surface area contributed by atoms with Crippen molar-refractivity contribution in [3.8, 4) is 0 Å². The SMILES string of the molecule is Cc1ccccc1CNC1=CCCN1. The minimum absolute atomic E-state index is 0.908. The topological polar surface area (TPSA) is 24.1 Å². The van der Waals surface area contributed by atoms with Crippen LogP contribution in [0.2, 0.25) is 0 Å². The summed E-state index contributed by atoms with van der Waals surface area (Å²) in [4.78, 5) is 0. The van der Waals surface area contributed by atoms with Gasteiger partial charge in [0.05, 0.1) is 5.82 Å². The molecule has 1 aliphatic rings. The molecule has 0 unspecified atom stereocenters. The van der Waals surface area contributed by atoms with E-state index in [9.17, 15) is 0 Å². The molecule has 2 heteroatoms. The van der Waals surface area contributed by atoms with Crippen LogP contribution in [0, 0.1) is 6.92 Å². The van der Waals surface area contributed by atoms with Crippen LogP contribution in [0.3, 0.4) is 0 Å². The fourth-order valence-corrected chi connectivity index (χ4v) is 1.63. The first-order valence-corrected chi connectivity index (χ1v) is 5.08. The van der Waals surface area contributed by atoms with Gasteiger partial charge in [0, 0.05) is 13.1 Å². The van der Waals surface area contributed by atoms with Gasteiger partial charge in [-0.25, -0.2) is 0 Å². The quantitative estimate of drug-likeness (QED) is 0.757. The second kappa shape index (κ2) is 4.18. The number of rotatable bonds is 3. The Labute approximate surface area is 85.0 Å². The van der Waals surface area contributed by atoms with Gasteiger partial charge in [-0.3, -0.25) is 0 Å². The third-order valence-corrected chi connectivity index (χ3v) is 2.54. The Hall–Kier alpha value is -1.44. The van der Waals surface area contributed by atoms with Gasteiger partial charge in [0.1, 0.15) is 0 Å². The van der Waals surface area contributed by atoms with E-state index in [-0.39, 0.29) is 0 Å². The molecule has 14 heavy (non-hydrogen) atoms. The molecule has 0 bridgehead atoms. The highest BCUT2D eigenvalue weighted by Gasteiger charge is 2.02. The molecular formula is C12H16N2. The Bertz CT molecular complexity index is 342. The summed E-state index contributed by atoms with van der Waals surface area (Å²) in [6.45, 7) is 4.12. The Kier molecular flexibility index (Phi) is 2.73. The highest BCUT2D eigenvalue weighted by Crippen LogP contribution is 2.07. The average Bonchev–Trinajstić information content (AvgIpc) is 2.69. The molecule has 0 saturated heterocycles. The summed E-state index contributed by atoms with van der Waals surface area (Å²) >= 11 is 0. The van der Waals surface area contributed by atoms with Gasteiger partial charge in [-0.05, 0) is 30.5 Å². The van der Waals surface area contributed by atoms with E-state index in [1.807, 2.05) is 0 Å². The molecule has 0 radical (unpaired) electrons. The molecule has 0 aromatic heterocycles. The minimum Gasteiger partial charge on any atom is -0.372 e. The molecule has 1 heterocycles. The van der Waals surface area contributed by atoms with Crippen molar-refractivity contribution in [1.29, 1.82) is 0 Å². The molecule has 1 aromatic rings. The number of hydrogen-bond acceptors (Lipinski definition) is 2. The van der Waals surface area contributed by atoms with Crippen LogP contribution in [0.25, 0.3) is 0 Å². The van der Waals surface area contributed by atoms with Crippen molar-refractivity contribution in [1.82, 2.24) is 10.6 Å². The number of aryl methyl sites for hydroxylation is 1. The zero-order valence-electron chi connectivity index (χ0n) is 8.51. The van der Waals surface area contributed by atoms with Crippen LogP contribution in [0.1, 0.15) is 17.5 Å². The lowest BCUT2D eigenvalue weighted by Crippen LogP contribution is -2.22. The highest BCUT2D eigenvalue weighted by atomic mass is 15.1. The van der Waals surface area contributed by atoms with Crippen LogP contribution in [0.15, 0.2) is 36.2 Å². The maximum atomic E-state index is 3.39. The fourth-order valence-electron chi connectivity index (χ4n) is 1.63. The second-order valence-electron chi connectivity index (χ2n) is 3.61. The Morgan fingerprint density at radius 2 is 2.21 bits per heavy atom. The third-order valence-electron chi connectivity index (χ3n) is 2.54. The molecular weight excluding hydrogens is 172 g/mol. The number of hydrogen-bond donors (Lipinski definition) is 2. The highest BCUT2D eigenvalue weighted by molar-refractivity contribution is 5.25. The molecule has 0 aliphatic carbocycles. The zero-order valence-corrected chi connectivity index (χ0v) is 8.51. The van der Waals surface area contributed by atoms with Gasteiger partial charge in [0.2, 0.25) is 0 Å². The Balaban J connectivity index is 1.94. The van der Waals surface area contributed by atoms with Crippen LogP contribution >= 0.6 is 0 Å². The second-order valence-corrected chi connectivity index (χ2v) is 3.61. The summed E-state index contributed by atoms with van der Waals surface area (Å²) in [5.74, 6) is 1.17. The lowest BCUT2D eigenvalue weighted by atomic mass is 10.1. The van der Waals surface area contributed by atoms with Gasteiger partial charge in [0.25, 0.3) is 0 Å². The first kappa shape index (κ1) is 9.13. The summed E-state index contributed by atoms with van der Waals surface area (Å²) < 4.78 is 0. The van der Waals surface area contributed by atoms with E-state index in [0.29, 0.717) is 0 Å². The van der Waals surface area contributed by atoms with Crippen molar-refractivity contribution in [3.05, 3.63) is 47.3 Å². The van der Waals surface area contributed by atoms with E-state index in [1.54, 1.807) is 0 Å². The first-order valence-electron chi connectivity index (χ1n) is 5.08. The summed E-state index contributed by atoms with van der Waals surface area (Å²) in [7, 11) is 0. The predicted octanol–water partition coefficient (Wildman–Crippen LogP) is 1.92. The maximum absolute atomic E-state index is 3.39. The van der Waals surface area contributed by atoms with Crippen molar-refractivity contribution in [2.24, 2.45) is 0 Å². The largest absolute Gasteiger partial charge is 0.372 e. The molecule has 2 nitrogen and oxygen atoms in total. The average molecular weight is 188 g/mol. The summed E-state index contributed by atoms with van der Waals surface area (Å²) in [5, 5.41) is 6.68. The van der Waals surface area contributed by atoms with Gasteiger partial charge < -0.3 is 10.6 Å². The molecule has 1 aliphatic heterocycles. The zero-order chi connectivity index (χ0) is 9.80. The first-order chi connectivity index (χ1) is 6.86. The number of nitrogens with one attached hydrogen (secondary N) is 2. The van der Waals surface area contributed by atoms with Crippen molar-refractivity contribution in [3.63, 3.8) is 0 Å². The summed E-state index contributed by atoms with van der Waals surface area (Å²) in [6.07, 6.45) is 3.34. The van der Waals surface area contributed by atoms with Gasteiger partial charge >= 0.3 is 0 Å². The molecule has 0 atom stereocenters. The van der Waals surface area contributed by atoms with E-state index in [4.69, 9.17) is 0 Å². The van der Waals surface area contributed by atoms with Crippen molar-refractivity contribution >= 4 is 0 Å². The smallest absolute Gasteiger partial charge is 0.0948 e. The Morgan fingerprint density at radius 1 is 1.36 bits per heavy atom. The Morgan fingerprint density at radius 3 is 2.93 bits per heavy atom. The van der Waals surface area contributed by atoms with Crippen molar-refractivity contribution in [2.75, 3.05) is 6.54 Å². The van der Waals surface area contributed by atoms with Crippen LogP contribution in [0.4, 0.5) is 0 Å². The van der Waals surface area contributed by atoms with Crippen LogP contribution in [-0.2, 0) is 6.54 Å². The van der Waals surface area contributed by atoms with Crippen LogP contribution in [0.5, 0.6) is 0 Å². The van der Waals surface area contributed by atoms with Gasteiger partial charge in [-0.2, -0.15) is 0 Å². The maximum Gasteiger partial charge on any atom is 0.0948 e. The molecule has 0 saturated carbocycles. The fraction of sp³-hybridized carbons (Fsp3) is 0.333.